The second kappa shape index (κ2) is 6.29. The predicted molar refractivity (Wildman–Crippen MR) is 72.2 cm³/mol. The zero-order valence-electron chi connectivity index (χ0n) is 10.6. The van der Waals surface area contributed by atoms with Gasteiger partial charge in [0.1, 0.15) is 5.82 Å². The van der Waals surface area contributed by atoms with Crippen LogP contribution in [0.2, 0.25) is 0 Å². The molecule has 0 spiro atoms. The standard InChI is InChI=1S/C13H17FN4O/c14-12-4-3-10(6-17-18-13(15)16)11(5-12)8-19-7-9-1-2-9/h3-6,9H,1-2,7-8H2,(H4,15,16,18). The van der Waals surface area contributed by atoms with Crippen molar-refractivity contribution < 1.29 is 9.13 Å². The van der Waals surface area contributed by atoms with Crippen molar-refractivity contribution in [2.75, 3.05) is 6.61 Å². The van der Waals surface area contributed by atoms with Crippen molar-refractivity contribution in [2.24, 2.45) is 27.6 Å². The molecule has 0 aliphatic heterocycles. The molecule has 0 heterocycles. The monoisotopic (exact) mass is 264 g/mol. The summed E-state index contributed by atoms with van der Waals surface area (Å²) in [6.07, 6.45) is 3.93. The average molecular weight is 264 g/mol. The van der Waals surface area contributed by atoms with Gasteiger partial charge in [0.15, 0.2) is 0 Å². The van der Waals surface area contributed by atoms with Crippen LogP contribution in [0.4, 0.5) is 4.39 Å². The summed E-state index contributed by atoms with van der Waals surface area (Å²) in [5.74, 6) is 0.251. The predicted octanol–water partition coefficient (Wildman–Crippen LogP) is 1.36. The lowest BCUT2D eigenvalue weighted by molar-refractivity contribution is 0.111. The molecule has 1 aliphatic carbocycles. The Morgan fingerprint density at radius 2 is 2.21 bits per heavy atom. The minimum absolute atomic E-state index is 0.120. The van der Waals surface area contributed by atoms with Crippen molar-refractivity contribution in [1.29, 1.82) is 0 Å². The summed E-state index contributed by atoms with van der Waals surface area (Å²) in [7, 11) is 0. The molecule has 0 aromatic heterocycles. The number of hydrogen-bond donors (Lipinski definition) is 2. The summed E-state index contributed by atoms with van der Waals surface area (Å²) in [5, 5.41) is 7.23. The van der Waals surface area contributed by atoms with E-state index in [1.54, 1.807) is 6.07 Å². The van der Waals surface area contributed by atoms with E-state index in [9.17, 15) is 4.39 Å². The molecule has 1 aliphatic rings. The maximum Gasteiger partial charge on any atom is 0.211 e. The normalized spacial score (nSPS) is 14.8. The van der Waals surface area contributed by atoms with E-state index in [1.165, 1.54) is 31.2 Å². The van der Waals surface area contributed by atoms with Crippen LogP contribution < -0.4 is 11.5 Å². The molecule has 102 valence electrons. The van der Waals surface area contributed by atoms with Crippen molar-refractivity contribution >= 4 is 12.2 Å². The summed E-state index contributed by atoms with van der Waals surface area (Å²) in [6, 6.07) is 4.42. The molecular formula is C13H17FN4O. The van der Waals surface area contributed by atoms with E-state index in [-0.39, 0.29) is 11.8 Å². The lowest BCUT2D eigenvalue weighted by Gasteiger charge is -2.06. The van der Waals surface area contributed by atoms with E-state index in [2.05, 4.69) is 10.2 Å². The zero-order chi connectivity index (χ0) is 13.7. The van der Waals surface area contributed by atoms with E-state index in [0.717, 1.165) is 17.7 Å². The summed E-state index contributed by atoms with van der Waals surface area (Å²) in [6.45, 7) is 1.08. The highest BCUT2D eigenvalue weighted by molar-refractivity contribution is 5.83. The van der Waals surface area contributed by atoms with Gasteiger partial charge in [0.25, 0.3) is 0 Å². The second-order valence-electron chi connectivity index (χ2n) is 4.57. The zero-order valence-corrected chi connectivity index (χ0v) is 10.6. The second-order valence-corrected chi connectivity index (χ2v) is 4.57. The van der Waals surface area contributed by atoms with Crippen LogP contribution in [0.5, 0.6) is 0 Å². The highest BCUT2D eigenvalue weighted by Crippen LogP contribution is 2.29. The fourth-order valence-corrected chi connectivity index (χ4v) is 1.60. The van der Waals surface area contributed by atoms with Crippen molar-refractivity contribution in [2.45, 2.75) is 19.4 Å². The third-order valence-corrected chi connectivity index (χ3v) is 2.78. The molecular weight excluding hydrogens is 247 g/mol. The molecule has 4 N–H and O–H groups in total. The molecule has 6 heteroatoms. The van der Waals surface area contributed by atoms with Crippen LogP contribution in [-0.2, 0) is 11.3 Å². The van der Waals surface area contributed by atoms with Crippen LogP contribution in [0.25, 0.3) is 0 Å². The fraction of sp³-hybridized carbons (Fsp3) is 0.385. The Labute approximate surface area is 111 Å². The lowest BCUT2D eigenvalue weighted by atomic mass is 10.1. The van der Waals surface area contributed by atoms with E-state index in [1.807, 2.05) is 0 Å². The summed E-state index contributed by atoms with van der Waals surface area (Å²) in [5.41, 5.74) is 11.8. The maximum absolute atomic E-state index is 13.2. The topological polar surface area (TPSA) is 86.0 Å². The molecule has 0 radical (unpaired) electrons. The first-order valence-electron chi connectivity index (χ1n) is 6.13. The minimum atomic E-state index is -0.302. The van der Waals surface area contributed by atoms with E-state index < -0.39 is 0 Å². The molecule has 1 aromatic rings. The Morgan fingerprint density at radius 1 is 1.42 bits per heavy atom. The number of halogens is 1. The third kappa shape index (κ3) is 4.67. The van der Waals surface area contributed by atoms with Crippen molar-refractivity contribution in [1.82, 2.24) is 0 Å². The van der Waals surface area contributed by atoms with Crippen LogP contribution in [0, 0.1) is 11.7 Å². The van der Waals surface area contributed by atoms with Gasteiger partial charge in [-0.1, -0.05) is 6.07 Å². The first-order valence-corrected chi connectivity index (χ1v) is 6.13. The molecule has 19 heavy (non-hydrogen) atoms. The first kappa shape index (κ1) is 13.5. The quantitative estimate of drug-likeness (QED) is 0.462. The number of ether oxygens (including phenoxy) is 1. The van der Waals surface area contributed by atoms with Gasteiger partial charge >= 0.3 is 0 Å². The Balaban J connectivity index is 2.02. The van der Waals surface area contributed by atoms with E-state index in [0.29, 0.717) is 12.5 Å². The van der Waals surface area contributed by atoms with Gasteiger partial charge in [-0.05, 0) is 36.5 Å². The third-order valence-electron chi connectivity index (χ3n) is 2.78. The average Bonchev–Trinajstić information content (AvgIpc) is 3.15. The van der Waals surface area contributed by atoms with Gasteiger partial charge in [0.05, 0.1) is 12.8 Å². The molecule has 1 aromatic carbocycles. The summed E-state index contributed by atoms with van der Waals surface area (Å²) >= 11 is 0. The van der Waals surface area contributed by atoms with Gasteiger partial charge in [0.2, 0.25) is 5.96 Å². The van der Waals surface area contributed by atoms with Gasteiger partial charge < -0.3 is 16.2 Å². The van der Waals surface area contributed by atoms with E-state index in [4.69, 9.17) is 16.2 Å². The Bertz CT molecular complexity index is 493. The fourth-order valence-electron chi connectivity index (χ4n) is 1.60. The largest absolute Gasteiger partial charge is 0.376 e. The van der Waals surface area contributed by atoms with E-state index >= 15 is 0 Å². The van der Waals surface area contributed by atoms with Crippen LogP contribution in [0.3, 0.4) is 0 Å². The van der Waals surface area contributed by atoms with Gasteiger partial charge in [-0.3, -0.25) is 0 Å². The van der Waals surface area contributed by atoms with Crippen LogP contribution in [0.1, 0.15) is 24.0 Å². The molecule has 5 nitrogen and oxygen atoms in total. The van der Waals surface area contributed by atoms with Crippen molar-refractivity contribution in [3.05, 3.63) is 35.1 Å². The molecule has 0 amide bonds. The van der Waals surface area contributed by atoms with Crippen LogP contribution in [-0.4, -0.2) is 18.8 Å². The first-order chi connectivity index (χ1) is 9.15. The molecule has 1 fully saturated rings. The lowest BCUT2D eigenvalue weighted by Crippen LogP contribution is -2.21. The van der Waals surface area contributed by atoms with Crippen LogP contribution >= 0.6 is 0 Å². The number of nitrogens with zero attached hydrogens (tertiary/aromatic N) is 2. The Kier molecular flexibility index (Phi) is 4.46. The molecule has 2 rings (SSSR count). The van der Waals surface area contributed by atoms with Crippen molar-refractivity contribution in [3.63, 3.8) is 0 Å². The number of guanidine groups is 1. The summed E-state index contributed by atoms with van der Waals surface area (Å²) < 4.78 is 18.8. The molecule has 0 atom stereocenters. The molecule has 1 saturated carbocycles. The van der Waals surface area contributed by atoms with Gasteiger partial charge in [-0.2, -0.15) is 5.10 Å². The Morgan fingerprint density at radius 3 is 2.89 bits per heavy atom. The number of hydrogen-bond acceptors (Lipinski definition) is 3. The van der Waals surface area contributed by atoms with Gasteiger partial charge in [-0.15, -0.1) is 5.10 Å². The highest BCUT2D eigenvalue weighted by Gasteiger charge is 2.21. The van der Waals surface area contributed by atoms with Crippen LogP contribution in [0.15, 0.2) is 28.4 Å². The molecule has 0 unspecified atom stereocenters. The van der Waals surface area contributed by atoms with Crippen molar-refractivity contribution in [3.8, 4) is 0 Å². The number of rotatable bonds is 6. The maximum atomic E-state index is 13.2. The molecule has 0 bridgehead atoms. The van der Waals surface area contributed by atoms with Gasteiger partial charge in [0, 0.05) is 12.2 Å². The number of benzene rings is 1. The SMILES string of the molecule is NC(N)=NN=Cc1ccc(F)cc1COCC1CC1. The number of nitrogens with two attached hydrogens (primary N) is 2. The highest BCUT2D eigenvalue weighted by atomic mass is 19.1. The molecule has 0 saturated heterocycles. The van der Waals surface area contributed by atoms with Gasteiger partial charge in [-0.25, -0.2) is 4.39 Å². The smallest absolute Gasteiger partial charge is 0.211 e. The Hall–Kier alpha value is -1.95. The summed E-state index contributed by atoms with van der Waals surface area (Å²) in [4.78, 5) is 0. The minimum Gasteiger partial charge on any atom is -0.376 e.